The summed E-state index contributed by atoms with van der Waals surface area (Å²) < 4.78 is 1.86. The zero-order chi connectivity index (χ0) is 18.6. The number of hydrogen-bond acceptors (Lipinski definition) is 4. The van der Waals surface area contributed by atoms with Crippen molar-refractivity contribution in [1.82, 2.24) is 20.0 Å². The number of nitrogens with one attached hydrogen (secondary N) is 1. The molecule has 4 rings (SSSR count). The Labute approximate surface area is 165 Å². The van der Waals surface area contributed by atoms with Crippen LogP contribution >= 0.6 is 11.8 Å². The number of rotatable bonds is 5. The third kappa shape index (κ3) is 4.06. The van der Waals surface area contributed by atoms with Crippen LogP contribution in [0.1, 0.15) is 48.2 Å². The topological polar surface area (TPSA) is 50.2 Å². The molecule has 0 spiro atoms. The van der Waals surface area contributed by atoms with Gasteiger partial charge in [-0.1, -0.05) is 31.0 Å². The Morgan fingerprint density at radius 1 is 1.19 bits per heavy atom. The van der Waals surface area contributed by atoms with Gasteiger partial charge in [0, 0.05) is 35.4 Å². The first-order valence-corrected chi connectivity index (χ1v) is 11.0. The van der Waals surface area contributed by atoms with Gasteiger partial charge in [-0.2, -0.15) is 5.10 Å². The van der Waals surface area contributed by atoms with Crippen LogP contribution in [0.4, 0.5) is 0 Å². The molecule has 0 unspecified atom stereocenters. The predicted molar refractivity (Wildman–Crippen MR) is 110 cm³/mol. The molecule has 27 heavy (non-hydrogen) atoms. The quantitative estimate of drug-likeness (QED) is 0.799. The van der Waals surface area contributed by atoms with Gasteiger partial charge < -0.3 is 10.2 Å². The Hall–Kier alpha value is -1.79. The van der Waals surface area contributed by atoms with Gasteiger partial charge in [-0.15, -0.1) is 11.8 Å². The van der Waals surface area contributed by atoms with Crippen molar-refractivity contribution in [2.45, 2.75) is 42.8 Å². The monoisotopic (exact) mass is 384 g/mol. The number of aromatic nitrogens is 2. The number of hydrogen-bond donors (Lipinski definition) is 1. The minimum absolute atomic E-state index is 0.0392. The Morgan fingerprint density at radius 2 is 1.96 bits per heavy atom. The van der Waals surface area contributed by atoms with Crippen molar-refractivity contribution in [2.24, 2.45) is 7.05 Å². The molecule has 1 N–H and O–H groups in total. The maximum absolute atomic E-state index is 12.7. The third-order valence-corrected chi connectivity index (χ3v) is 6.61. The van der Waals surface area contributed by atoms with Gasteiger partial charge in [0.2, 0.25) is 0 Å². The third-order valence-electron chi connectivity index (χ3n) is 5.51. The van der Waals surface area contributed by atoms with Crippen LogP contribution < -0.4 is 5.32 Å². The number of carbonyl (C=O) groups is 1. The zero-order valence-electron chi connectivity index (χ0n) is 16.0. The molecule has 0 saturated carbocycles. The highest BCUT2D eigenvalue weighted by molar-refractivity contribution is 7.98. The summed E-state index contributed by atoms with van der Waals surface area (Å²) in [5.41, 5.74) is 3.91. The molecule has 2 aliphatic heterocycles. The van der Waals surface area contributed by atoms with Crippen molar-refractivity contribution < 1.29 is 4.79 Å². The highest BCUT2D eigenvalue weighted by Crippen LogP contribution is 2.42. The highest BCUT2D eigenvalue weighted by Gasteiger charge is 2.27. The number of nitrogens with zero attached hydrogens (tertiary/aromatic N) is 3. The fraction of sp³-hybridized carbons (Fsp3) is 0.524. The van der Waals surface area contributed by atoms with Crippen LogP contribution in [0.5, 0.6) is 0 Å². The summed E-state index contributed by atoms with van der Waals surface area (Å²) in [4.78, 5) is 16.5. The Kier molecular flexibility index (Phi) is 5.83. The molecule has 2 aromatic rings. The minimum Gasteiger partial charge on any atom is -0.351 e. The summed E-state index contributed by atoms with van der Waals surface area (Å²) in [6, 6.07) is 8.36. The van der Waals surface area contributed by atoms with E-state index in [1.54, 1.807) is 11.8 Å². The number of amides is 1. The average Bonchev–Trinajstić information content (AvgIpc) is 2.85. The molecular formula is C21H28N4OS. The number of aryl methyl sites for hydroxylation is 1. The Morgan fingerprint density at radius 3 is 2.78 bits per heavy atom. The second-order valence-electron chi connectivity index (χ2n) is 7.45. The molecule has 0 bridgehead atoms. The van der Waals surface area contributed by atoms with Crippen LogP contribution in [0.3, 0.4) is 0 Å². The molecular weight excluding hydrogens is 356 g/mol. The van der Waals surface area contributed by atoms with Crippen molar-refractivity contribution >= 4 is 17.7 Å². The molecule has 0 aliphatic carbocycles. The molecule has 5 nitrogen and oxygen atoms in total. The SMILES string of the molecule is Cn1nc(C(=O)NCCCN2CCCCCC2)c2c1-c1ccccc1SC2. The van der Waals surface area contributed by atoms with Crippen LogP contribution in [0.2, 0.25) is 0 Å². The van der Waals surface area contributed by atoms with E-state index in [4.69, 9.17) is 0 Å². The lowest BCUT2D eigenvalue weighted by atomic mass is 10.1. The first-order valence-electron chi connectivity index (χ1n) is 10.0. The summed E-state index contributed by atoms with van der Waals surface area (Å²) in [7, 11) is 1.93. The van der Waals surface area contributed by atoms with Crippen LogP contribution in [-0.4, -0.2) is 46.8 Å². The molecule has 0 radical (unpaired) electrons. The lowest BCUT2D eigenvalue weighted by molar-refractivity contribution is 0.0945. The number of benzene rings is 1. The first-order chi connectivity index (χ1) is 13.2. The molecule has 3 heterocycles. The van der Waals surface area contributed by atoms with Crippen molar-refractivity contribution in [3.8, 4) is 11.3 Å². The van der Waals surface area contributed by atoms with E-state index >= 15 is 0 Å². The van der Waals surface area contributed by atoms with E-state index in [9.17, 15) is 4.79 Å². The lowest BCUT2D eigenvalue weighted by Crippen LogP contribution is -2.31. The molecule has 1 amide bonds. The van der Waals surface area contributed by atoms with Gasteiger partial charge in [-0.3, -0.25) is 9.48 Å². The van der Waals surface area contributed by atoms with Crippen LogP contribution in [-0.2, 0) is 12.8 Å². The molecule has 1 aromatic carbocycles. The second-order valence-corrected chi connectivity index (χ2v) is 8.47. The molecule has 2 aliphatic rings. The standard InChI is InChI=1S/C21H28N4OS/c1-24-20-16-9-4-5-10-18(16)27-15-17(20)19(23-24)21(26)22-11-8-14-25-12-6-2-3-7-13-25/h4-5,9-10H,2-3,6-8,11-15H2,1H3,(H,22,26). The first kappa shape index (κ1) is 18.6. The lowest BCUT2D eigenvalue weighted by Gasteiger charge is -2.19. The molecule has 144 valence electrons. The molecule has 1 aromatic heterocycles. The Balaban J connectivity index is 1.38. The summed E-state index contributed by atoms with van der Waals surface area (Å²) in [6.07, 6.45) is 6.34. The van der Waals surface area contributed by atoms with E-state index in [-0.39, 0.29) is 5.91 Å². The molecule has 0 atom stereocenters. The van der Waals surface area contributed by atoms with Gasteiger partial charge in [0.1, 0.15) is 0 Å². The molecule has 1 saturated heterocycles. The van der Waals surface area contributed by atoms with Gasteiger partial charge in [0.15, 0.2) is 5.69 Å². The summed E-state index contributed by atoms with van der Waals surface area (Å²) in [5, 5.41) is 7.64. The normalized spacial score (nSPS) is 17.1. The smallest absolute Gasteiger partial charge is 0.272 e. The fourth-order valence-electron chi connectivity index (χ4n) is 4.11. The van der Waals surface area contributed by atoms with Gasteiger partial charge in [0.05, 0.1) is 5.69 Å². The van der Waals surface area contributed by atoms with E-state index < -0.39 is 0 Å². The van der Waals surface area contributed by atoms with E-state index in [1.807, 2.05) is 17.8 Å². The zero-order valence-corrected chi connectivity index (χ0v) is 16.9. The van der Waals surface area contributed by atoms with Crippen molar-refractivity contribution in [3.05, 3.63) is 35.5 Å². The number of likely N-dealkylation sites (tertiary alicyclic amines) is 1. The van der Waals surface area contributed by atoms with Gasteiger partial charge >= 0.3 is 0 Å². The summed E-state index contributed by atoms with van der Waals surface area (Å²) in [5.74, 6) is 0.763. The van der Waals surface area contributed by atoms with E-state index in [0.717, 1.165) is 30.0 Å². The highest BCUT2D eigenvalue weighted by atomic mass is 32.2. The second kappa shape index (κ2) is 8.48. The average molecular weight is 385 g/mol. The maximum atomic E-state index is 12.7. The van der Waals surface area contributed by atoms with E-state index in [0.29, 0.717) is 12.2 Å². The predicted octanol–water partition coefficient (Wildman–Crippen LogP) is 3.69. The van der Waals surface area contributed by atoms with Crippen LogP contribution in [0, 0.1) is 0 Å². The minimum atomic E-state index is -0.0392. The van der Waals surface area contributed by atoms with E-state index in [2.05, 4.69) is 33.5 Å². The van der Waals surface area contributed by atoms with Crippen LogP contribution in [0.25, 0.3) is 11.3 Å². The Bertz CT molecular complexity index is 809. The van der Waals surface area contributed by atoms with Gasteiger partial charge in [0.25, 0.3) is 5.91 Å². The molecule has 1 fully saturated rings. The number of thioether (sulfide) groups is 1. The van der Waals surface area contributed by atoms with Gasteiger partial charge in [-0.05, 0) is 45.0 Å². The maximum Gasteiger partial charge on any atom is 0.272 e. The molecule has 6 heteroatoms. The van der Waals surface area contributed by atoms with Crippen molar-refractivity contribution in [1.29, 1.82) is 0 Å². The number of carbonyl (C=O) groups excluding carboxylic acids is 1. The van der Waals surface area contributed by atoms with Crippen molar-refractivity contribution in [3.63, 3.8) is 0 Å². The van der Waals surface area contributed by atoms with Crippen LogP contribution in [0.15, 0.2) is 29.2 Å². The van der Waals surface area contributed by atoms with Gasteiger partial charge in [-0.25, -0.2) is 0 Å². The largest absolute Gasteiger partial charge is 0.351 e. The van der Waals surface area contributed by atoms with Crippen molar-refractivity contribution in [2.75, 3.05) is 26.2 Å². The summed E-state index contributed by atoms with van der Waals surface area (Å²) >= 11 is 1.79. The number of fused-ring (bicyclic) bond motifs is 3. The summed E-state index contributed by atoms with van der Waals surface area (Å²) in [6.45, 7) is 4.20. The van der Waals surface area contributed by atoms with E-state index in [1.165, 1.54) is 49.2 Å². The fourth-order valence-corrected chi connectivity index (χ4v) is 5.18.